The third-order valence-electron chi connectivity index (χ3n) is 3.17. The molecule has 0 aliphatic carbocycles. The van der Waals surface area contributed by atoms with Gasteiger partial charge in [-0.15, -0.1) is 0 Å². The van der Waals surface area contributed by atoms with E-state index < -0.39 is 5.60 Å². The van der Waals surface area contributed by atoms with Gasteiger partial charge in [-0.1, -0.05) is 13.8 Å². The van der Waals surface area contributed by atoms with Crippen LogP contribution in [0.2, 0.25) is 0 Å². The van der Waals surface area contributed by atoms with Crippen molar-refractivity contribution in [2.45, 2.75) is 32.9 Å². The van der Waals surface area contributed by atoms with Crippen LogP contribution in [-0.4, -0.2) is 38.8 Å². The normalized spacial score (nSPS) is 15.8. The lowest BCUT2D eigenvalue weighted by molar-refractivity contribution is -0.0152. The van der Waals surface area contributed by atoms with Gasteiger partial charge in [-0.2, -0.15) is 0 Å². The van der Waals surface area contributed by atoms with Crippen molar-refractivity contribution in [1.29, 1.82) is 0 Å². The highest BCUT2D eigenvalue weighted by Gasteiger charge is 2.26. The molecule has 0 aliphatic rings. The number of hydrogen-bond donors (Lipinski definition) is 1. The van der Waals surface area contributed by atoms with Crippen molar-refractivity contribution in [2.24, 2.45) is 13.0 Å². The number of aryl methyl sites for hydroxylation is 1. The van der Waals surface area contributed by atoms with Crippen LogP contribution in [0.4, 0.5) is 0 Å². The van der Waals surface area contributed by atoms with E-state index in [4.69, 9.17) is 0 Å². The Morgan fingerprint density at radius 2 is 2.19 bits per heavy atom. The molecule has 1 N–H and O–H groups in total. The summed E-state index contributed by atoms with van der Waals surface area (Å²) in [5.41, 5.74) is -0.653. The Bertz CT molecular complexity index is 331. The molecular formula is C12H23N3O. The first-order chi connectivity index (χ1) is 7.33. The Labute approximate surface area is 97.9 Å². The van der Waals surface area contributed by atoms with Crippen molar-refractivity contribution in [3.63, 3.8) is 0 Å². The number of hydrogen-bond acceptors (Lipinski definition) is 3. The van der Waals surface area contributed by atoms with Crippen molar-refractivity contribution >= 4 is 0 Å². The lowest BCUT2D eigenvalue weighted by atomic mass is 9.92. The average molecular weight is 225 g/mol. The van der Waals surface area contributed by atoms with E-state index in [0.717, 1.165) is 12.4 Å². The Morgan fingerprint density at radius 1 is 1.56 bits per heavy atom. The van der Waals surface area contributed by atoms with Crippen LogP contribution in [0.25, 0.3) is 0 Å². The number of rotatable bonds is 5. The molecule has 0 amide bonds. The zero-order chi connectivity index (χ0) is 12.3. The molecule has 0 spiro atoms. The van der Waals surface area contributed by atoms with Crippen molar-refractivity contribution in [3.05, 3.63) is 18.2 Å². The fraction of sp³-hybridized carbons (Fsp3) is 0.750. The average Bonchev–Trinajstić information content (AvgIpc) is 2.50. The van der Waals surface area contributed by atoms with Gasteiger partial charge in [0, 0.05) is 26.0 Å². The van der Waals surface area contributed by atoms with E-state index in [1.54, 1.807) is 6.20 Å². The summed E-state index contributed by atoms with van der Waals surface area (Å²) in [6, 6.07) is 0. The summed E-state index contributed by atoms with van der Waals surface area (Å²) in [4.78, 5) is 6.37. The largest absolute Gasteiger partial charge is 0.389 e. The van der Waals surface area contributed by atoms with Gasteiger partial charge < -0.3 is 9.67 Å². The highest BCUT2D eigenvalue weighted by atomic mass is 16.3. The van der Waals surface area contributed by atoms with Crippen LogP contribution >= 0.6 is 0 Å². The molecule has 4 nitrogen and oxygen atoms in total. The van der Waals surface area contributed by atoms with Gasteiger partial charge in [-0.05, 0) is 19.9 Å². The van der Waals surface area contributed by atoms with Gasteiger partial charge in [0.15, 0.2) is 0 Å². The second-order valence-corrected chi connectivity index (χ2v) is 5.14. The molecule has 1 heterocycles. The summed E-state index contributed by atoms with van der Waals surface area (Å²) in [6.07, 6.45) is 3.73. The molecule has 0 fully saturated rings. The fourth-order valence-corrected chi connectivity index (χ4v) is 1.58. The zero-order valence-corrected chi connectivity index (χ0v) is 10.9. The third-order valence-corrected chi connectivity index (χ3v) is 3.17. The van der Waals surface area contributed by atoms with E-state index in [1.807, 2.05) is 45.6 Å². The minimum atomic E-state index is -0.653. The lowest BCUT2D eigenvalue weighted by Crippen LogP contribution is -2.43. The van der Waals surface area contributed by atoms with E-state index in [2.05, 4.69) is 9.88 Å². The zero-order valence-electron chi connectivity index (χ0n) is 10.9. The van der Waals surface area contributed by atoms with Crippen LogP contribution in [0.15, 0.2) is 12.4 Å². The second kappa shape index (κ2) is 4.97. The number of nitrogens with zero attached hydrogens (tertiary/aromatic N) is 3. The van der Waals surface area contributed by atoms with E-state index in [9.17, 15) is 5.11 Å². The summed E-state index contributed by atoms with van der Waals surface area (Å²) in [6.45, 7) is 7.36. The second-order valence-electron chi connectivity index (χ2n) is 5.14. The summed E-state index contributed by atoms with van der Waals surface area (Å²) in [5, 5.41) is 10.2. The predicted molar refractivity (Wildman–Crippen MR) is 65.0 cm³/mol. The first-order valence-corrected chi connectivity index (χ1v) is 5.70. The standard InChI is InChI=1S/C12H23N3O/c1-10(2)12(3,16)9-14(4)8-11-13-6-7-15(11)5/h6-7,10,16H,8-9H2,1-5H3. The maximum absolute atomic E-state index is 10.2. The molecule has 1 unspecified atom stereocenters. The molecule has 92 valence electrons. The van der Waals surface area contributed by atoms with E-state index >= 15 is 0 Å². The summed E-state index contributed by atoms with van der Waals surface area (Å²) < 4.78 is 2.00. The number of likely N-dealkylation sites (N-methyl/N-ethyl adjacent to an activating group) is 1. The van der Waals surface area contributed by atoms with Crippen LogP contribution in [-0.2, 0) is 13.6 Å². The van der Waals surface area contributed by atoms with Crippen molar-refractivity contribution in [2.75, 3.05) is 13.6 Å². The molecule has 0 bridgehead atoms. The van der Waals surface area contributed by atoms with E-state index in [0.29, 0.717) is 6.54 Å². The molecular weight excluding hydrogens is 202 g/mol. The first kappa shape index (κ1) is 13.2. The molecule has 1 atom stereocenters. The number of aromatic nitrogens is 2. The van der Waals surface area contributed by atoms with Crippen LogP contribution in [0, 0.1) is 5.92 Å². The molecule has 0 radical (unpaired) electrons. The van der Waals surface area contributed by atoms with Gasteiger partial charge in [0.1, 0.15) is 5.82 Å². The molecule has 1 aromatic heterocycles. The number of imidazole rings is 1. The van der Waals surface area contributed by atoms with Crippen LogP contribution in [0.5, 0.6) is 0 Å². The van der Waals surface area contributed by atoms with Gasteiger partial charge in [-0.25, -0.2) is 4.98 Å². The van der Waals surface area contributed by atoms with Crippen LogP contribution in [0.1, 0.15) is 26.6 Å². The molecule has 0 aliphatic heterocycles. The first-order valence-electron chi connectivity index (χ1n) is 5.70. The predicted octanol–water partition coefficient (Wildman–Crippen LogP) is 1.26. The highest BCUT2D eigenvalue weighted by molar-refractivity contribution is 4.91. The van der Waals surface area contributed by atoms with E-state index in [-0.39, 0.29) is 5.92 Å². The van der Waals surface area contributed by atoms with Gasteiger partial charge in [0.05, 0.1) is 12.1 Å². The third kappa shape index (κ3) is 3.32. The molecule has 4 heteroatoms. The molecule has 0 aromatic carbocycles. The molecule has 1 aromatic rings. The Morgan fingerprint density at radius 3 is 2.62 bits per heavy atom. The number of aliphatic hydroxyl groups is 1. The Balaban J connectivity index is 2.54. The minimum absolute atomic E-state index is 0.247. The smallest absolute Gasteiger partial charge is 0.122 e. The quantitative estimate of drug-likeness (QED) is 0.820. The van der Waals surface area contributed by atoms with Crippen molar-refractivity contribution in [3.8, 4) is 0 Å². The summed E-state index contributed by atoms with van der Waals surface area (Å²) >= 11 is 0. The molecule has 16 heavy (non-hydrogen) atoms. The van der Waals surface area contributed by atoms with Crippen molar-refractivity contribution < 1.29 is 5.11 Å². The summed E-state index contributed by atoms with van der Waals surface area (Å²) in [7, 11) is 3.99. The topological polar surface area (TPSA) is 41.3 Å². The summed E-state index contributed by atoms with van der Waals surface area (Å²) in [5.74, 6) is 1.26. The van der Waals surface area contributed by atoms with Crippen LogP contribution < -0.4 is 0 Å². The molecule has 0 saturated carbocycles. The van der Waals surface area contributed by atoms with Gasteiger partial charge >= 0.3 is 0 Å². The maximum Gasteiger partial charge on any atom is 0.122 e. The van der Waals surface area contributed by atoms with Crippen LogP contribution in [0.3, 0.4) is 0 Å². The maximum atomic E-state index is 10.2. The van der Waals surface area contributed by atoms with Gasteiger partial charge in [-0.3, -0.25) is 4.90 Å². The highest BCUT2D eigenvalue weighted by Crippen LogP contribution is 2.17. The van der Waals surface area contributed by atoms with Gasteiger partial charge in [0.2, 0.25) is 0 Å². The van der Waals surface area contributed by atoms with E-state index in [1.165, 1.54) is 0 Å². The molecule has 0 saturated heterocycles. The van der Waals surface area contributed by atoms with Gasteiger partial charge in [0.25, 0.3) is 0 Å². The SMILES string of the molecule is CC(C)C(C)(O)CN(C)Cc1nccn1C. The molecule has 1 rings (SSSR count). The Hall–Kier alpha value is -0.870. The Kier molecular flexibility index (Phi) is 4.10. The lowest BCUT2D eigenvalue weighted by Gasteiger charge is -2.32. The minimum Gasteiger partial charge on any atom is -0.389 e. The fourth-order valence-electron chi connectivity index (χ4n) is 1.58. The van der Waals surface area contributed by atoms with Crippen molar-refractivity contribution in [1.82, 2.24) is 14.5 Å². The monoisotopic (exact) mass is 225 g/mol.